The zero-order valence-electron chi connectivity index (χ0n) is 22.4. The highest BCUT2D eigenvalue weighted by Gasteiger charge is 2.08. The molecule has 198 valence electrons. The monoisotopic (exact) mass is 494 g/mol. The second kappa shape index (κ2) is 22.7. The molecule has 1 N–H and O–H groups in total. The minimum atomic E-state index is -1.04. The maximum absolute atomic E-state index is 11.9. The Bertz CT molecular complexity index is 850. The van der Waals surface area contributed by atoms with Crippen LogP contribution in [0.3, 0.4) is 0 Å². The molecule has 0 unspecified atom stereocenters. The van der Waals surface area contributed by atoms with E-state index in [2.05, 4.69) is 30.6 Å². The Morgan fingerprint density at radius 3 is 1.75 bits per heavy atom. The van der Waals surface area contributed by atoms with E-state index in [-0.39, 0.29) is 17.3 Å². The van der Waals surface area contributed by atoms with Crippen molar-refractivity contribution in [3.63, 3.8) is 0 Å². The van der Waals surface area contributed by atoms with Crippen molar-refractivity contribution in [1.82, 2.24) is 0 Å². The molecule has 0 fully saturated rings. The molecular formula is C32H46O4. The molecular weight excluding hydrogens is 448 g/mol. The highest BCUT2D eigenvalue weighted by atomic mass is 16.5. The summed E-state index contributed by atoms with van der Waals surface area (Å²) in [6.45, 7) is 2.27. The van der Waals surface area contributed by atoms with Gasteiger partial charge in [0.1, 0.15) is 5.75 Å². The second-order valence-electron chi connectivity index (χ2n) is 9.46. The molecule has 0 saturated carbocycles. The second-order valence-corrected chi connectivity index (χ2v) is 9.46. The van der Waals surface area contributed by atoms with Crippen LogP contribution in [0.2, 0.25) is 0 Å². The minimum Gasteiger partial charge on any atom is -0.478 e. The molecule has 0 aliphatic rings. The largest absolute Gasteiger partial charge is 0.478 e. The van der Waals surface area contributed by atoms with Gasteiger partial charge in [-0.05, 0) is 49.3 Å². The number of benzene rings is 1. The number of unbranched alkanes of at least 4 members (excludes halogenated alkanes) is 16. The van der Waals surface area contributed by atoms with Crippen molar-refractivity contribution in [1.29, 1.82) is 0 Å². The number of aromatic carboxylic acids is 1. The Balaban J connectivity index is 1.90. The molecule has 4 heteroatoms. The predicted molar refractivity (Wildman–Crippen MR) is 148 cm³/mol. The number of ether oxygens (including phenoxy) is 1. The van der Waals surface area contributed by atoms with Gasteiger partial charge in [0.15, 0.2) is 0 Å². The Morgan fingerprint density at radius 1 is 0.722 bits per heavy atom. The molecule has 0 saturated heterocycles. The van der Waals surface area contributed by atoms with Crippen LogP contribution in [0.4, 0.5) is 0 Å². The lowest BCUT2D eigenvalue weighted by molar-refractivity contribution is -0.134. The Morgan fingerprint density at radius 2 is 1.22 bits per heavy atom. The number of hydrogen-bond donors (Lipinski definition) is 1. The maximum atomic E-state index is 11.9. The van der Waals surface area contributed by atoms with Gasteiger partial charge >= 0.3 is 11.9 Å². The number of carboxylic acids is 1. The van der Waals surface area contributed by atoms with Crippen LogP contribution in [0.25, 0.3) is 0 Å². The first-order valence-corrected chi connectivity index (χ1v) is 14.1. The lowest BCUT2D eigenvalue weighted by atomic mass is 10.1. The van der Waals surface area contributed by atoms with Crippen molar-refractivity contribution < 1.29 is 19.4 Å². The molecule has 1 rings (SSSR count). The number of carbonyl (C=O) groups is 2. The van der Waals surface area contributed by atoms with Crippen molar-refractivity contribution in [2.75, 3.05) is 0 Å². The molecule has 0 bridgehead atoms. The fourth-order valence-corrected chi connectivity index (χ4v) is 3.98. The number of rotatable bonds is 20. The van der Waals surface area contributed by atoms with E-state index in [1.165, 1.54) is 76.3 Å². The normalized spacial score (nSPS) is 10.1. The smallest absolute Gasteiger partial charge is 0.335 e. The van der Waals surface area contributed by atoms with Crippen LogP contribution in [-0.2, 0) is 4.79 Å². The van der Waals surface area contributed by atoms with Crippen molar-refractivity contribution in [2.45, 2.75) is 129 Å². The van der Waals surface area contributed by atoms with Crippen LogP contribution in [0.15, 0.2) is 24.3 Å². The molecule has 0 aromatic heterocycles. The average molecular weight is 495 g/mol. The van der Waals surface area contributed by atoms with Crippen LogP contribution in [0, 0.1) is 23.7 Å². The summed E-state index contributed by atoms with van der Waals surface area (Å²) in [5.74, 6) is 11.2. The molecule has 0 radical (unpaired) electrons. The van der Waals surface area contributed by atoms with Gasteiger partial charge in [-0.1, -0.05) is 108 Å². The van der Waals surface area contributed by atoms with E-state index in [0.717, 1.165) is 51.4 Å². The Labute approximate surface area is 219 Å². The van der Waals surface area contributed by atoms with Crippen LogP contribution >= 0.6 is 0 Å². The summed E-state index contributed by atoms with van der Waals surface area (Å²) in [6, 6.07) is 6.01. The lowest BCUT2D eigenvalue weighted by Crippen LogP contribution is -2.08. The minimum absolute atomic E-state index is 0.112. The SMILES string of the molecule is CCCCCCCCCCCCC#CC#CCCCCCCCCC(=O)Oc1cccc(C(=O)O)c1. The molecule has 0 atom stereocenters. The van der Waals surface area contributed by atoms with E-state index in [0.29, 0.717) is 6.42 Å². The molecule has 1 aromatic carbocycles. The van der Waals surface area contributed by atoms with E-state index in [1.54, 1.807) is 12.1 Å². The Kier molecular flexibility index (Phi) is 19.8. The summed E-state index contributed by atoms with van der Waals surface area (Å²) < 4.78 is 5.22. The van der Waals surface area contributed by atoms with Gasteiger partial charge in [-0.3, -0.25) is 4.79 Å². The van der Waals surface area contributed by atoms with E-state index >= 15 is 0 Å². The summed E-state index contributed by atoms with van der Waals surface area (Å²) in [7, 11) is 0. The lowest BCUT2D eigenvalue weighted by Gasteiger charge is -2.05. The van der Waals surface area contributed by atoms with E-state index < -0.39 is 5.97 Å². The first-order valence-electron chi connectivity index (χ1n) is 14.1. The zero-order chi connectivity index (χ0) is 26.1. The topological polar surface area (TPSA) is 63.6 Å². The third-order valence-electron chi connectivity index (χ3n) is 6.14. The molecule has 0 spiro atoms. The van der Waals surface area contributed by atoms with Gasteiger partial charge in [0.05, 0.1) is 5.56 Å². The van der Waals surface area contributed by atoms with Crippen LogP contribution < -0.4 is 4.74 Å². The van der Waals surface area contributed by atoms with Crippen LogP contribution in [-0.4, -0.2) is 17.0 Å². The highest BCUT2D eigenvalue weighted by molar-refractivity contribution is 5.88. The summed E-state index contributed by atoms with van der Waals surface area (Å²) in [4.78, 5) is 22.9. The van der Waals surface area contributed by atoms with Gasteiger partial charge in [-0.25, -0.2) is 4.79 Å². The molecule has 1 aromatic rings. The van der Waals surface area contributed by atoms with Crippen LogP contribution in [0.1, 0.15) is 139 Å². The standard InChI is InChI=1S/C32H46O4/c1-2-3-4-5-6-7-8-9-10-11-12-13-14-15-16-17-18-19-20-21-22-23-27-31(33)36-30-26-24-25-29(28-30)32(34)35/h24-26,28H,2-12,17-23,27H2,1H3,(H,34,35). The summed E-state index contributed by atoms with van der Waals surface area (Å²) in [5.41, 5.74) is 0.112. The summed E-state index contributed by atoms with van der Waals surface area (Å²) in [5, 5.41) is 8.98. The van der Waals surface area contributed by atoms with Crippen molar-refractivity contribution >= 4 is 11.9 Å². The molecule has 0 amide bonds. The van der Waals surface area contributed by atoms with E-state index in [4.69, 9.17) is 9.84 Å². The predicted octanol–water partition coefficient (Wildman–Crippen LogP) is 8.73. The molecule has 4 nitrogen and oxygen atoms in total. The van der Waals surface area contributed by atoms with Gasteiger partial charge in [0.2, 0.25) is 0 Å². The number of hydrogen-bond acceptors (Lipinski definition) is 3. The van der Waals surface area contributed by atoms with Gasteiger partial charge in [0.25, 0.3) is 0 Å². The fourth-order valence-electron chi connectivity index (χ4n) is 3.98. The van der Waals surface area contributed by atoms with Crippen LogP contribution in [0.5, 0.6) is 5.75 Å². The molecule has 0 aliphatic heterocycles. The first kappa shape index (κ1) is 31.3. The third-order valence-corrected chi connectivity index (χ3v) is 6.14. The average Bonchev–Trinajstić information content (AvgIpc) is 2.87. The zero-order valence-corrected chi connectivity index (χ0v) is 22.4. The van der Waals surface area contributed by atoms with Crippen molar-refractivity contribution in [2.24, 2.45) is 0 Å². The quantitative estimate of drug-likeness (QED) is 0.0852. The number of carboxylic acid groups (broad SMARTS) is 1. The Hall–Kier alpha value is -2.72. The number of carbonyl (C=O) groups excluding carboxylic acids is 1. The van der Waals surface area contributed by atoms with Gasteiger partial charge in [-0.2, -0.15) is 0 Å². The first-order chi connectivity index (χ1) is 17.6. The fraction of sp³-hybridized carbons (Fsp3) is 0.625. The summed E-state index contributed by atoms with van der Waals surface area (Å²) >= 11 is 0. The molecule has 0 aliphatic carbocycles. The van der Waals surface area contributed by atoms with E-state index in [9.17, 15) is 9.59 Å². The van der Waals surface area contributed by atoms with Gasteiger partial charge in [0, 0.05) is 19.3 Å². The van der Waals surface area contributed by atoms with Crippen molar-refractivity contribution in [3.8, 4) is 29.4 Å². The third kappa shape index (κ3) is 18.6. The molecule has 36 heavy (non-hydrogen) atoms. The van der Waals surface area contributed by atoms with Gasteiger partial charge in [-0.15, -0.1) is 0 Å². The summed E-state index contributed by atoms with van der Waals surface area (Å²) in [6.07, 6.45) is 22.0. The molecule has 0 heterocycles. The van der Waals surface area contributed by atoms with Crippen molar-refractivity contribution in [3.05, 3.63) is 29.8 Å². The highest BCUT2D eigenvalue weighted by Crippen LogP contribution is 2.15. The maximum Gasteiger partial charge on any atom is 0.335 e. The van der Waals surface area contributed by atoms with Gasteiger partial charge < -0.3 is 9.84 Å². The van der Waals surface area contributed by atoms with E-state index in [1.807, 2.05) is 0 Å². The number of esters is 1.